The van der Waals surface area contributed by atoms with Crippen molar-refractivity contribution in [3.8, 4) is 11.5 Å². The van der Waals surface area contributed by atoms with Crippen LogP contribution in [0.2, 0.25) is 0 Å². The van der Waals surface area contributed by atoms with E-state index in [0.717, 1.165) is 17.1 Å². The Labute approximate surface area is 152 Å². The summed E-state index contributed by atoms with van der Waals surface area (Å²) in [5.74, 6) is 4.12. The van der Waals surface area contributed by atoms with Crippen LogP contribution < -0.4 is 9.47 Å². The molecule has 2 aromatic rings. The van der Waals surface area contributed by atoms with Crippen molar-refractivity contribution in [3.63, 3.8) is 0 Å². The first-order chi connectivity index (χ1) is 11.8. The molecule has 0 N–H and O–H groups in total. The van der Waals surface area contributed by atoms with Crippen molar-refractivity contribution >= 4 is 23.5 Å². The molecule has 0 spiro atoms. The molecule has 3 nitrogen and oxygen atoms in total. The Morgan fingerprint density at radius 1 is 0.875 bits per heavy atom. The molecule has 0 radical (unpaired) electrons. The van der Waals surface area contributed by atoms with Gasteiger partial charge in [-0.05, 0) is 17.7 Å². The fraction of sp³-hybridized carbons (Fsp3) is 0.368. The Morgan fingerprint density at radius 2 is 1.54 bits per heavy atom. The van der Waals surface area contributed by atoms with Crippen LogP contribution in [0.3, 0.4) is 0 Å². The molecule has 3 rings (SSSR count). The summed E-state index contributed by atoms with van der Waals surface area (Å²) >= 11 is 3.92. The van der Waals surface area contributed by atoms with Gasteiger partial charge in [0.25, 0.3) is 0 Å². The third kappa shape index (κ3) is 4.02. The second-order valence-electron chi connectivity index (χ2n) is 5.41. The Hall–Kier alpha value is -1.30. The minimum Gasteiger partial charge on any atom is -0.496 e. The number of hydrogen-bond acceptors (Lipinski definition) is 5. The monoisotopic (exact) mass is 362 g/mol. The van der Waals surface area contributed by atoms with Gasteiger partial charge < -0.3 is 14.2 Å². The molecule has 0 amide bonds. The van der Waals surface area contributed by atoms with E-state index in [1.165, 1.54) is 22.6 Å². The van der Waals surface area contributed by atoms with E-state index in [0.29, 0.717) is 17.8 Å². The Kier molecular flexibility index (Phi) is 6.35. The molecular weight excluding hydrogens is 340 g/mol. The third-order valence-electron chi connectivity index (χ3n) is 3.93. The molecule has 1 heterocycles. The van der Waals surface area contributed by atoms with Crippen LogP contribution in [0, 0.1) is 0 Å². The molecule has 5 heteroatoms. The lowest BCUT2D eigenvalue weighted by Gasteiger charge is -2.20. The maximum absolute atomic E-state index is 5.99. The van der Waals surface area contributed by atoms with Gasteiger partial charge in [0.1, 0.15) is 11.5 Å². The molecule has 2 aromatic carbocycles. The van der Waals surface area contributed by atoms with E-state index < -0.39 is 0 Å². The maximum Gasteiger partial charge on any atom is 0.125 e. The van der Waals surface area contributed by atoms with E-state index in [1.807, 2.05) is 53.9 Å². The molecule has 0 saturated carbocycles. The predicted octanol–water partition coefficient (Wildman–Crippen LogP) is 4.90. The van der Waals surface area contributed by atoms with Crippen molar-refractivity contribution in [3.05, 3.63) is 59.2 Å². The summed E-state index contributed by atoms with van der Waals surface area (Å²) in [5.41, 5.74) is 3.47. The van der Waals surface area contributed by atoms with Crippen LogP contribution in [0.5, 0.6) is 11.5 Å². The van der Waals surface area contributed by atoms with E-state index in [-0.39, 0.29) is 0 Å². The number of benzene rings is 2. The molecule has 0 bridgehead atoms. The molecule has 1 fully saturated rings. The van der Waals surface area contributed by atoms with Crippen LogP contribution in [0.15, 0.2) is 42.5 Å². The smallest absolute Gasteiger partial charge is 0.125 e. The molecule has 0 unspecified atom stereocenters. The summed E-state index contributed by atoms with van der Waals surface area (Å²) in [6.45, 7) is 1.10. The molecule has 1 saturated heterocycles. The SMILES string of the molecule is COc1ccc(OC)c(C2SCCS2)c1COCc1ccccc1. The highest BCUT2D eigenvalue weighted by Crippen LogP contribution is 2.51. The Morgan fingerprint density at radius 3 is 2.21 bits per heavy atom. The highest BCUT2D eigenvalue weighted by Gasteiger charge is 2.27. The fourth-order valence-corrected chi connectivity index (χ4v) is 5.78. The summed E-state index contributed by atoms with van der Waals surface area (Å²) in [5, 5.41) is 0. The molecule has 1 aliphatic heterocycles. The first kappa shape index (κ1) is 17.5. The van der Waals surface area contributed by atoms with Gasteiger partial charge in [-0.2, -0.15) is 0 Å². The normalized spacial score (nSPS) is 14.8. The van der Waals surface area contributed by atoms with Gasteiger partial charge in [-0.25, -0.2) is 0 Å². The minimum absolute atomic E-state index is 0.380. The van der Waals surface area contributed by atoms with E-state index in [2.05, 4.69) is 12.1 Å². The third-order valence-corrected chi connectivity index (χ3v) is 6.96. The molecule has 0 atom stereocenters. The number of rotatable bonds is 7. The van der Waals surface area contributed by atoms with E-state index >= 15 is 0 Å². The number of methoxy groups -OCH3 is 2. The van der Waals surface area contributed by atoms with Crippen molar-refractivity contribution in [1.29, 1.82) is 0 Å². The van der Waals surface area contributed by atoms with E-state index in [9.17, 15) is 0 Å². The first-order valence-corrected chi connectivity index (χ1v) is 10.0. The highest BCUT2D eigenvalue weighted by atomic mass is 32.2. The summed E-state index contributed by atoms with van der Waals surface area (Å²) in [4.78, 5) is 0. The highest BCUT2D eigenvalue weighted by molar-refractivity contribution is 8.19. The van der Waals surface area contributed by atoms with Crippen molar-refractivity contribution in [2.75, 3.05) is 25.7 Å². The largest absolute Gasteiger partial charge is 0.496 e. The van der Waals surface area contributed by atoms with E-state index in [1.54, 1.807) is 14.2 Å². The van der Waals surface area contributed by atoms with Crippen LogP contribution in [0.4, 0.5) is 0 Å². The van der Waals surface area contributed by atoms with Crippen LogP contribution in [0.25, 0.3) is 0 Å². The lowest BCUT2D eigenvalue weighted by molar-refractivity contribution is 0.104. The van der Waals surface area contributed by atoms with Gasteiger partial charge in [-0.3, -0.25) is 0 Å². The van der Waals surface area contributed by atoms with Crippen molar-refractivity contribution in [1.82, 2.24) is 0 Å². The minimum atomic E-state index is 0.380. The van der Waals surface area contributed by atoms with Crippen molar-refractivity contribution < 1.29 is 14.2 Å². The van der Waals surface area contributed by atoms with Gasteiger partial charge >= 0.3 is 0 Å². The fourth-order valence-electron chi connectivity index (χ4n) is 2.77. The van der Waals surface area contributed by atoms with Crippen molar-refractivity contribution in [2.24, 2.45) is 0 Å². The topological polar surface area (TPSA) is 27.7 Å². The average molecular weight is 363 g/mol. The summed E-state index contributed by atoms with van der Waals surface area (Å²) in [7, 11) is 3.44. The molecule has 0 aromatic heterocycles. The van der Waals surface area contributed by atoms with Crippen LogP contribution in [0.1, 0.15) is 21.3 Å². The Bertz CT molecular complexity index is 655. The molecule has 24 heavy (non-hydrogen) atoms. The van der Waals surface area contributed by atoms with Gasteiger partial charge in [-0.1, -0.05) is 30.3 Å². The number of hydrogen-bond donors (Lipinski definition) is 0. The molecule has 128 valence electrons. The van der Waals surface area contributed by atoms with Gasteiger partial charge in [0.2, 0.25) is 0 Å². The molecule has 1 aliphatic rings. The molecule has 0 aliphatic carbocycles. The predicted molar refractivity (Wildman–Crippen MR) is 102 cm³/mol. The molecular formula is C19H22O3S2. The average Bonchev–Trinajstić information content (AvgIpc) is 3.16. The Balaban J connectivity index is 1.83. The zero-order valence-corrected chi connectivity index (χ0v) is 15.6. The second kappa shape index (κ2) is 8.70. The van der Waals surface area contributed by atoms with Gasteiger partial charge in [0, 0.05) is 22.6 Å². The standard InChI is InChI=1S/C19H22O3S2/c1-20-16-8-9-17(21-2)18(19-23-10-11-24-19)15(16)13-22-12-14-6-4-3-5-7-14/h3-9,19H,10-13H2,1-2H3. The van der Waals surface area contributed by atoms with E-state index in [4.69, 9.17) is 14.2 Å². The number of ether oxygens (including phenoxy) is 3. The van der Waals surface area contributed by atoms with Gasteiger partial charge in [-0.15, -0.1) is 23.5 Å². The zero-order valence-electron chi connectivity index (χ0n) is 14.0. The zero-order chi connectivity index (χ0) is 16.8. The van der Waals surface area contributed by atoms with Crippen LogP contribution >= 0.6 is 23.5 Å². The van der Waals surface area contributed by atoms with Gasteiger partial charge in [0.15, 0.2) is 0 Å². The quantitative estimate of drug-likeness (QED) is 0.698. The maximum atomic E-state index is 5.99. The first-order valence-electron chi connectivity index (χ1n) is 7.92. The summed E-state index contributed by atoms with van der Waals surface area (Å²) in [6, 6.07) is 14.2. The van der Waals surface area contributed by atoms with Crippen molar-refractivity contribution in [2.45, 2.75) is 17.8 Å². The van der Waals surface area contributed by atoms with Crippen LogP contribution in [-0.4, -0.2) is 25.7 Å². The number of thioether (sulfide) groups is 2. The summed E-state index contributed by atoms with van der Waals surface area (Å²) in [6.07, 6.45) is 0. The lowest BCUT2D eigenvalue weighted by Crippen LogP contribution is -2.05. The summed E-state index contributed by atoms with van der Waals surface area (Å²) < 4.78 is 17.6. The second-order valence-corrected chi connectivity index (χ2v) is 8.14. The lowest BCUT2D eigenvalue weighted by atomic mass is 10.1. The van der Waals surface area contributed by atoms with Crippen LogP contribution in [-0.2, 0) is 18.0 Å². The van der Waals surface area contributed by atoms with Gasteiger partial charge in [0.05, 0.1) is 32.0 Å².